The molecule has 7 aromatic carbocycles. The number of rotatable bonds is 8. The summed E-state index contributed by atoms with van der Waals surface area (Å²) in [6, 6.07) is 41.8. The van der Waals surface area contributed by atoms with E-state index in [0.717, 1.165) is 39.0 Å². The summed E-state index contributed by atoms with van der Waals surface area (Å²) in [5.41, 5.74) is 11.5. The van der Waals surface area contributed by atoms with Crippen molar-refractivity contribution >= 4 is 11.0 Å². The van der Waals surface area contributed by atoms with Crippen LogP contribution in [0.1, 0.15) is 72.4 Å². The van der Waals surface area contributed by atoms with Crippen LogP contribution in [0.25, 0.3) is 83.9 Å². The molecule has 310 valence electrons. The fourth-order valence-corrected chi connectivity index (χ4v) is 8.04. The average molecular weight is 995 g/mol. The van der Waals surface area contributed by atoms with Crippen LogP contribution in [0, 0.1) is 19.9 Å². The van der Waals surface area contributed by atoms with E-state index in [1.807, 2.05) is 48.5 Å². The van der Waals surface area contributed by atoms with Gasteiger partial charge in [0.05, 0.1) is 31.9 Å². The van der Waals surface area contributed by atoms with Crippen LogP contribution >= 0.6 is 0 Å². The maximum atomic E-state index is 11.4. The minimum Gasteiger partial charge on any atom is -0.507 e. The summed E-state index contributed by atoms with van der Waals surface area (Å²) < 4.78 is 63.9. The molecule has 2 aromatic heterocycles. The van der Waals surface area contributed by atoms with Crippen LogP contribution in [0.4, 0.5) is 0 Å². The molecule has 0 aliphatic rings. The summed E-state index contributed by atoms with van der Waals surface area (Å²) in [6.07, 6.45) is -0.474. The number of benzene rings is 7. The van der Waals surface area contributed by atoms with Gasteiger partial charge in [0.25, 0.3) is 0 Å². The Kier molecular flexibility index (Phi) is 9.50. The van der Waals surface area contributed by atoms with Gasteiger partial charge in [-0.3, -0.25) is 9.55 Å². The van der Waals surface area contributed by atoms with Crippen LogP contribution in [-0.4, -0.2) is 19.6 Å². The van der Waals surface area contributed by atoms with Crippen LogP contribution in [0.2, 0.25) is 0 Å². The molecule has 0 bridgehead atoms. The number of hydrogen-bond acceptors (Lipinski definition) is 3. The predicted octanol–water partition coefficient (Wildman–Crippen LogP) is 15.0. The number of nitrogens with zero attached hydrogens (tertiary/aromatic N) is 3. The molecule has 0 fully saturated rings. The van der Waals surface area contributed by atoms with Crippen molar-refractivity contribution in [3.63, 3.8) is 0 Å². The third kappa shape index (κ3) is 8.08. The summed E-state index contributed by atoms with van der Waals surface area (Å²) in [6.45, 7) is 14.2. The summed E-state index contributed by atoms with van der Waals surface area (Å²) in [5.74, 6) is 0.882. The van der Waals surface area contributed by atoms with Crippen LogP contribution < -0.4 is 0 Å². The molecule has 9 rings (SSSR count). The van der Waals surface area contributed by atoms with Crippen molar-refractivity contribution in [3.8, 4) is 78.6 Å². The monoisotopic (exact) mass is 994 g/mol. The first kappa shape index (κ1) is 34.3. The Bertz CT molecular complexity index is 3460. The second-order valence-corrected chi connectivity index (χ2v) is 16.9. The molecule has 0 aliphatic carbocycles. The number of pyridine rings is 1. The molecule has 0 saturated heterocycles. The number of aryl methyl sites for hydroxylation is 1. The minimum atomic E-state index is -0.474. The molecular formula is C57H50N3OPt-. The zero-order chi connectivity index (χ0) is 48.5. The minimum absolute atomic E-state index is 0. The number of fused-ring (bicyclic) bond motifs is 1. The van der Waals surface area contributed by atoms with E-state index < -0.39 is 17.6 Å². The van der Waals surface area contributed by atoms with E-state index in [9.17, 15) is 6.48 Å². The van der Waals surface area contributed by atoms with Crippen molar-refractivity contribution in [1.29, 1.82) is 0 Å². The van der Waals surface area contributed by atoms with Gasteiger partial charge in [-0.05, 0) is 106 Å². The van der Waals surface area contributed by atoms with E-state index in [1.165, 1.54) is 18.1 Å². The zero-order valence-corrected chi connectivity index (χ0v) is 38.0. The number of phenolic OH excluding ortho intramolecular Hbond substituents is 1. The molecule has 0 radical (unpaired) electrons. The number of aromatic nitrogens is 3. The Morgan fingerprint density at radius 2 is 1.37 bits per heavy atom. The molecule has 0 unspecified atom stereocenters. The maximum absolute atomic E-state index is 11.4. The number of phenols is 1. The number of para-hydroxylation sites is 2. The fourth-order valence-electron chi connectivity index (χ4n) is 8.04. The van der Waals surface area contributed by atoms with E-state index in [0.29, 0.717) is 33.6 Å². The molecule has 0 atom stereocenters. The van der Waals surface area contributed by atoms with E-state index >= 15 is 0 Å². The summed E-state index contributed by atoms with van der Waals surface area (Å²) in [4.78, 5) is 9.79. The molecule has 4 nitrogen and oxygen atoms in total. The normalized spacial score (nSPS) is 13.1. The molecule has 0 spiro atoms. The fraction of sp³-hybridized carbons (Fsp3) is 0.158. The summed E-state index contributed by atoms with van der Waals surface area (Å²) in [5, 5.41) is 11.4. The Labute approximate surface area is 390 Å². The second-order valence-electron chi connectivity index (χ2n) is 16.9. The Morgan fingerprint density at radius 3 is 2.10 bits per heavy atom. The Balaban J connectivity index is 0.00000642. The van der Waals surface area contributed by atoms with Crippen LogP contribution in [0.3, 0.4) is 0 Å². The Hall–Kier alpha value is -6.35. The third-order valence-electron chi connectivity index (χ3n) is 11.2. The number of hydrogen-bond donors (Lipinski definition) is 1. The first-order valence-corrected chi connectivity index (χ1v) is 20.6. The van der Waals surface area contributed by atoms with E-state index in [2.05, 4.69) is 118 Å². The van der Waals surface area contributed by atoms with Crippen molar-refractivity contribution in [1.82, 2.24) is 14.5 Å². The molecule has 0 saturated carbocycles. The number of aromatic hydroxyl groups is 1. The van der Waals surface area contributed by atoms with Crippen LogP contribution in [0.15, 0.2) is 164 Å². The molecule has 1 N–H and O–H groups in total. The predicted molar refractivity (Wildman–Crippen MR) is 254 cm³/mol. The molecule has 9 aromatic rings. The molecule has 0 amide bonds. The molecule has 2 heterocycles. The quantitative estimate of drug-likeness (QED) is 0.154. The largest absolute Gasteiger partial charge is 0.507 e. The van der Waals surface area contributed by atoms with Crippen molar-refractivity contribution < 1.29 is 35.8 Å². The van der Waals surface area contributed by atoms with Crippen LogP contribution in [0.5, 0.6) is 5.75 Å². The van der Waals surface area contributed by atoms with Gasteiger partial charge in [-0.1, -0.05) is 160 Å². The van der Waals surface area contributed by atoms with E-state index in [1.54, 1.807) is 12.1 Å². The molecule has 5 heteroatoms. The van der Waals surface area contributed by atoms with Gasteiger partial charge >= 0.3 is 0 Å². The van der Waals surface area contributed by atoms with Gasteiger partial charge in [-0.2, -0.15) is 0 Å². The first-order valence-electron chi connectivity index (χ1n) is 24.1. The zero-order valence-electron chi connectivity index (χ0n) is 42.7. The van der Waals surface area contributed by atoms with Gasteiger partial charge in [0.15, 0.2) is 0 Å². The molecule has 62 heavy (non-hydrogen) atoms. The van der Waals surface area contributed by atoms with Gasteiger partial charge < -0.3 is 5.11 Å². The second kappa shape index (κ2) is 17.2. The Morgan fingerprint density at radius 1 is 0.677 bits per heavy atom. The van der Waals surface area contributed by atoms with Crippen molar-refractivity contribution in [2.24, 2.45) is 0 Å². The number of imidazole rings is 1. The first-order chi connectivity index (χ1) is 32.4. The summed E-state index contributed by atoms with van der Waals surface area (Å²) >= 11 is 0. The molecule has 0 aliphatic heterocycles. The SMILES string of the molecule is [2H]c1nc(-c2[c-]c(-c3cccc4c3nc(-c3ccccc3O)n4-c3ccc(-c4c(-c5ccccc5)cccc4C(C)C)cc3C)cc(C(C)(C)C)c2)c([2H])c(-c2c([2H])c([2H])c(C)c([2H])c2[2H])c1[2H].[Pt]. The van der Waals surface area contributed by atoms with Gasteiger partial charge in [-0.15, -0.1) is 29.3 Å². The van der Waals surface area contributed by atoms with Gasteiger partial charge in [0.2, 0.25) is 0 Å². The van der Waals surface area contributed by atoms with E-state index in [4.69, 9.17) is 13.2 Å². The topological polar surface area (TPSA) is 50.9 Å². The molecular weight excluding hydrogens is 938 g/mol. The van der Waals surface area contributed by atoms with Crippen molar-refractivity contribution in [3.05, 3.63) is 192 Å². The van der Waals surface area contributed by atoms with Gasteiger partial charge in [-0.25, -0.2) is 4.98 Å². The van der Waals surface area contributed by atoms with Gasteiger partial charge in [0, 0.05) is 32.9 Å². The van der Waals surface area contributed by atoms with Gasteiger partial charge in [0.1, 0.15) is 11.6 Å². The van der Waals surface area contributed by atoms with Crippen molar-refractivity contribution in [2.45, 2.75) is 59.8 Å². The van der Waals surface area contributed by atoms with Crippen molar-refractivity contribution in [2.75, 3.05) is 0 Å². The standard InChI is InChI=1S/C57H50N3O.Pt/c1-36(2)46-18-13-19-47(40-15-9-8-10-16-40)54(46)42-27-28-51(38(4)31-42)60-52-21-14-20-48(55(52)59-56(60)49-17-11-12-22-53(49)61)43-32-44(34-45(33-43)57(5,6)7)50-35-41(29-30-58-50)39-25-23-37(3)24-26-39;/h8-31,33-36,61H,1-7H3;/q-1;/i23D,24D,25D,26D,29D,30D,35D;. The smallest absolute Gasteiger partial charge is 0.148 e. The summed E-state index contributed by atoms with van der Waals surface area (Å²) in [7, 11) is 0. The average Bonchev–Trinajstić information content (AvgIpc) is 3.71. The maximum Gasteiger partial charge on any atom is 0.148 e. The third-order valence-corrected chi connectivity index (χ3v) is 11.2. The van der Waals surface area contributed by atoms with Crippen LogP contribution in [-0.2, 0) is 26.5 Å². The van der Waals surface area contributed by atoms with E-state index in [-0.39, 0.29) is 85.3 Å².